The maximum Gasteiger partial charge on any atom is 0.252 e. The fourth-order valence-corrected chi connectivity index (χ4v) is 11.9. The van der Waals surface area contributed by atoms with Gasteiger partial charge in [-0.2, -0.15) is 0 Å². The number of anilines is 9. The van der Waals surface area contributed by atoms with Crippen LogP contribution in [0.5, 0.6) is 0 Å². The van der Waals surface area contributed by atoms with Gasteiger partial charge in [0.15, 0.2) is 0 Å². The Balaban J connectivity index is 1.07. The Kier molecular flexibility index (Phi) is 7.62. The van der Waals surface area contributed by atoms with Gasteiger partial charge in [-0.25, -0.2) is 0 Å². The Morgan fingerprint density at radius 2 is 1.02 bits per heavy atom. The van der Waals surface area contributed by atoms with Crippen LogP contribution < -0.4 is 31.1 Å². The van der Waals surface area contributed by atoms with Gasteiger partial charge in [0, 0.05) is 76.8 Å². The standard InChI is InChI=1S/C57H40BN3S/c1-57(2)46-22-11-9-20-42(46)43-31-28-40(35-47(43)57)61-52-26-15-25-51-56(52)58(49-32-29-41(36-53(49)61)59(37-16-5-3-6-17-37)38-18-7-4-8-19-38)48-23-12-13-24-50(48)60(51)39-30-33-55-45(34-39)44-21-10-14-27-54(44)62-55/h3-36H,1-2H3. The average molecular weight is 810 g/mol. The van der Waals surface area contributed by atoms with E-state index in [1.807, 2.05) is 11.3 Å². The molecule has 1 aromatic heterocycles. The molecule has 13 rings (SSSR count). The minimum absolute atomic E-state index is 0.0247. The first-order valence-corrected chi connectivity index (χ1v) is 22.4. The molecule has 10 aromatic rings. The first-order valence-electron chi connectivity index (χ1n) is 21.5. The summed E-state index contributed by atoms with van der Waals surface area (Å²) in [6, 6.07) is 76.7. The summed E-state index contributed by atoms with van der Waals surface area (Å²) in [7, 11) is 0. The van der Waals surface area contributed by atoms with Crippen LogP contribution in [-0.4, -0.2) is 6.71 Å². The predicted molar refractivity (Wildman–Crippen MR) is 266 cm³/mol. The summed E-state index contributed by atoms with van der Waals surface area (Å²) in [6.45, 7) is 4.78. The number of para-hydroxylation sites is 3. The van der Waals surface area contributed by atoms with E-state index in [1.165, 1.54) is 87.3 Å². The number of hydrogen-bond donors (Lipinski definition) is 0. The summed E-state index contributed by atoms with van der Waals surface area (Å²) >= 11 is 1.87. The van der Waals surface area contributed by atoms with Crippen LogP contribution in [0.1, 0.15) is 25.0 Å². The van der Waals surface area contributed by atoms with Crippen LogP contribution in [-0.2, 0) is 5.41 Å². The molecule has 0 N–H and O–H groups in total. The summed E-state index contributed by atoms with van der Waals surface area (Å²) in [4.78, 5) is 7.46. The molecule has 0 bridgehead atoms. The van der Waals surface area contributed by atoms with Crippen molar-refractivity contribution in [2.45, 2.75) is 19.3 Å². The molecule has 0 amide bonds. The molecular weight excluding hydrogens is 770 g/mol. The normalized spacial score (nSPS) is 14.0. The van der Waals surface area contributed by atoms with Gasteiger partial charge in [0.2, 0.25) is 0 Å². The molecule has 1 aliphatic carbocycles. The Hall–Kier alpha value is -7.34. The third kappa shape index (κ3) is 5.06. The average Bonchev–Trinajstić information content (AvgIpc) is 3.80. The molecule has 0 radical (unpaired) electrons. The van der Waals surface area contributed by atoms with E-state index < -0.39 is 0 Å². The van der Waals surface area contributed by atoms with Gasteiger partial charge < -0.3 is 14.7 Å². The number of thiophene rings is 1. The molecule has 3 heterocycles. The second-order valence-corrected chi connectivity index (χ2v) is 18.4. The quantitative estimate of drug-likeness (QED) is 0.160. The van der Waals surface area contributed by atoms with Crippen molar-refractivity contribution >= 4 is 106 Å². The lowest BCUT2D eigenvalue weighted by Crippen LogP contribution is -2.61. The van der Waals surface area contributed by atoms with Crippen molar-refractivity contribution in [2.75, 3.05) is 14.7 Å². The minimum atomic E-state index is -0.140. The fraction of sp³-hybridized carbons (Fsp3) is 0.0526. The van der Waals surface area contributed by atoms with E-state index in [4.69, 9.17) is 0 Å². The Morgan fingerprint density at radius 1 is 0.419 bits per heavy atom. The summed E-state index contributed by atoms with van der Waals surface area (Å²) < 4.78 is 2.63. The molecule has 0 unspecified atom stereocenters. The number of benzene rings is 9. The highest BCUT2D eigenvalue weighted by Gasteiger charge is 2.44. The van der Waals surface area contributed by atoms with Crippen LogP contribution >= 0.6 is 11.3 Å². The van der Waals surface area contributed by atoms with E-state index in [1.54, 1.807) is 0 Å². The lowest BCUT2D eigenvalue weighted by Gasteiger charge is -2.44. The Morgan fingerprint density at radius 3 is 1.82 bits per heavy atom. The van der Waals surface area contributed by atoms with Crippen molar-refractivity contribution in [2.24, 2.45) is 0 Å². The van der Waals surface area contributed by atoms with E-state index in [-0.39, 0.29) is 12.1 Å². The number of fused-ring (bicyclic) bond motifs is 10. The van der Waals surface area contributed by atoms with E-state index in [0.717, 1.165) is 22.7 Å². The zero-order valence-corrected chi connectivity index (χ0v) is 35.3. The smallest absolute Gasteiger partial charge is 0.252 e. The highest BCUT2D eigenvalue weighted by molar-refractivity contribution is 7.25. The molecule has 0 saturated heterocycles. The molecule has 3 nitrogen and oxygen atoms in total. The largest absolute Gasteiger partial charge is 0.311 e. The van der Waals surface area contributed by atoms with Gasteiger partial charge in [-0.1, -0.05) is 129 Å². The zero-order valence-electron chi connectivity index (χ0n) is 34.5. The molecule has 5 heteroatoms. The molecule has 292 valence electrons. The maximum atomic E-state index is 2.56. The van der Waals surface area contributed by atoms with Crippen molar-refractivity contribution in [3.8, 4) is 11.1 Å². The van der Waals surface area contributed by atoms with Crippen molar-refractivity contribution in [3.63, 3.8) is 0 Å². The highest BCUT2D eigenvalue weighted by Crippen LogP contribution is 2.52. The fourth-order valence-electron chi connectivity index (χ4n) is 10.9. The van der Waals surface area contributed by atoms with Crippen LogP contribution in [0.25, 0.3) is 31.3 Å². The lowest BCUT2D eigenvalue weighted by molar-refractivity contribution is 0.660. The SMILES string of the molecule is CC1(C)c2ccccc2-c2ccc(N3c4cc(N(c5ccccc5)c5ccccc5)ccc4B4c5ccccc5N(c5ccc6sc7ccccc7c6c5)c5cccc3c54)cc21. The summed E-state index contributed by atoms with van der Waals surface area (Å²) in [5.41, 5.74) is 19.7. The minimum Gasteiger partial charge on any atom is -0.311 e. The topological polar surface area (TPSA) is 9.72 Å². The second kappa shape index (κ2) is 13.3. The number of rotatable bonds is 5. The molecule has 9 aromatic carbocycles. The molecule has 0 atom stereocenters. The maximum absolute atomic E-state index is 2.56. The highest BCUT2D eigenvalue weighted by atomic mass is 32.1. The van der Waals surface area contributed by atoms with Crippen LogP contribution in [0.15, 0.2) is 206 Å². The molecular formula is C57H40BN3S. The van der Waals surface area contributed by atoms with Gasteiger partial charge >= 0.3 is 0 Å². The lowest BCUT2D eigenvalue weighted by atomic mass is 9.33. The van der Waals surface area contributed by atoms with Gasteiger partial charge in [0.05, 0.1) is 0 Å². The molecule has 0 fully saturated rings. The van der Waals surface area contributed by atoms with Gasteiger partial charge in [-0.15, -0.1) is 11.3 Å². The first-order chi connectivity index (χ1) is 30.5. The van der Waals surface area contributed by atoms with E-state index in [0.29, 0.717) is 0 Å². The molecule has 0 spiro atoms. The van der Waals surface area contributed by atoms with Gasteiger partial charge in [-0.3, -0.25) is 0 Å². The first kappa shape index (κ1) is 35.4. The number of hydrogen-bond acceptors (Lipinski definition) is 4. The van der Waals surface area contributed by atoms with Crippen LogP contribution in [0.4, 0.5) is 51.2 Å². The summed E-state index contributed by atoms with van der Waals surface area (Å²) in [6.07, 6.45) is 0. The van der Waals surface area contributed by atoms with Gasteiger partial charge in [0.25, 0.3) is 6.71 Å². The van der Waals surface area contributed by atoms with Crippen LogP contribution in [0.3, 0.4) is 0 Å². The molecule has 3 aliphatic rings. The van der Waals surface area contributed by atoms with Crippen molar-refractivity contribution in [3.05, 3.63) is 217 Å². The van der Waals surface area contributed by atoms with Crippen molar-refractivity contribution in [1.29, 1.82) is 0 Å². The van der Waals surface area contributed by atoms with E-state index in [9.17, 15) is 0 Å². The van der Waals surface area contributed by atoms with Gasteiger partial charge in [-0.05, 0) is 130 Å². The zero-order chi connectivity index (χ0) is 41.1. The third-order valence-electron chi connectivity index (χ3n) is 13.6. The predicted octanol–water partition coefficient (Wildman–Crippen LogP) is 13.9. The molecule has 2 aliphatic heterocycles. The van der Waals surface area contributed by atoms with Crippen LogP contribution in [0.2, 0.25) is 0 Å². The van der Waals surface area contributed by atoms with E-state index >= 15 is 0 Å². The molecule has 62 heavy (non-hydrogen) atoms. The van der Waals surface area contributed by atoms with Crippen LogP contribution in [0, 0.1) is 0 Å². The van der Waals surface area contributed by atoms with Crippen molar-refractivity contribution in [1.82, 2.24) is 0 Å². The Bertz CT molecular complexity index is 3390. The third-order valence-corrected chi connectivity index (χ3v) is 14.8. The monoisotopic (exact) mass is 809 g/mol. The Labute approximate surface area is 366 Å². The van der Waals surface area contributed by atoms with Crippen molar-refractivity contribution < 1.29 is 0 Å². The second-order valence-electron chi connectivity index (χ2n) is 17.3. The number of nitrogens with zero attached hydrogens (tertiary/aromatic N) is 3. The summed E-state index contributed by atoms with van der Waals surface area (Å²) in [5.74, 6) is 0. The summed E-state index contributed by atoms with van der Waals surface area (Å²) in [5, 5.41) is 2.61. The molecule has 0 saturated carbocycles. The van der Waals surface area contributed by atoms with Gasteiger partial charge in [0.1, 0.15) is 0 Å². The van der Waals surface area contributed by atoms with E-state index in [2.05, 4.69) is 235 Å².